The number of carbonyl (C=O) groups excluding carboxylic acids is 2. The maximum absolute atomic E-state index is 12.7. The number of esters is 1. The number of thioether (sulfide) groups is 1. The summed E-state index contributed by atoms with van der Waals surface area (Å²) in [6, 6.07) is 7.15. The monoisotopic (exact) mass is 450 g/mol. The topological polar surface area (TPSA) is 93.7 Å². The first-order chi connectivity index (χ1) is 14.6. The van der Waals surface area contributed by atoms with Crippen LogP contribution in [-0.2, 0) is 14.3 Å². The van der Waals surface area contributed by atoms with Crippen molar-refractivity contribution in [1.29, 1.82) is 0 Å². The zero-order valence-corrected chi connectivity index (χ0v) is 18.8. The number of anilines is 2. The number of likely N-dealkylation sites (tertiary alicyclic amines) is 1. The Morgan fingerprint density at radius 2 is 2.07 bits per heavy atom. The van der Waals surface area contributed by atoms with Crippen molar-refractivity contribution in [1.82, 2.24) is 15.1 Å². The molecule has 1 aromatic heterocycles. The molecule has 0 saturated carbocycles. The summed E-state index contributed by atoms with van der Waals surface area (Å²) in [5, 5.41) is 12.1. The van der Waals surface area contributed by atoms with E-state index in [1.54, 1.807) is 11.8 Å². The number of hydrogen-bond donors (Lipinski definition) is 1. The van der Waals surface area contributed by atoms with Crippen molar-refractivity contribution >= 4 is 45.8 Å². The van der Waals surface area contributed by atoms with Gasteiger partial charge in [-0.15, -0.1) is 10.2 Å². The molecule has 3 rings (SSSR count). The summed E-state index contributed by atoms with van der Waals surface area (Å²) in [6.45, 7) is 5.18. The number of hydrogen-bond acceptors (Lipinski definition) is 9. The molecule has 1 atom stereocenters. The molecule has 1 fully saturated rings. The van der Waals surface area contributed by atoms with Gasteiger partial charge >= 0.3 is 5.97 Å². The van der Waals surface area contributed by atoms with E-state index >= 15 is 0 Å². The van der Waals surface area contributed by atoms with E-state index < -0.39 is 6.04 Å². The minimum Gasteiger partial charge on any atom is -0.492 e. The van der Waals surface area contributed by atoms with Gasteiger partial charge in [0.05, 0.1) is 24.7 Å². The molecule has 0 unspecified atom stereocenters. The Morgan fingerprint density at radius 1 is 1.23 bits per heavy atom. The van der Waals surface area contributed by atoms with Gasteiger partial charge in [0.2, 0.25) is 11.0 Å². The van der Waals surface area contributed by atoms with Gasteiger partial charge in [0.1, 0.15) is 11.8 Å². The number of amides is 1. The minimum absolute atomic E-state index is 0.0795. The molecule has 2 heterocycles. The SMILES string of the molecule is CCOC(=O)[C@@H]1CCCCN1C(=O)CSc1nnc(Nc2ccccc2OCC)s1. The molecule has 1 aliphatic heterocycles. The van der Waals surface area contributed by atoms with Gasteiger partial charge < -0.3 is 19.7 Å². The molecule has 0 bridgehead atoms. The van der Waals surface area contributed by atoms with Crippen LogP contribution < -0.4 is 10.1 Å². The average molecular weight is 451 g/mol. The summed E-state index contributed by atoms with van der Waals surface area (Å²) in [6.07, 6.45) is 2.48. The summed E-state index contributed by atoms with van der Waals surface area (Å²) >= 11 is 2.70. The van der Waals surface area contributed by atoms with E-state index in [1.165, 1.54) is 23.1 Å². The van der Waals surface area contributed by atoms with E-state index in [-0.39, 0.29) is 17.6 Å². The Balaban J connectivity index is 1.57. The third-order valence-corrected chi connectivity index (χ3v) is 6.49. The van der Waals surface area contributed by atoms with E-state index in [9.17, 15) is 9.59 Å². The number of benzene rings is 1. The minimum atomic E-state index is -0.478. The average Bonchev–Trinajstić information content (AvgIpc) is 3.21. The molecule has 8 nitrogen and oxygen atoms in total. The lowest BCUT2D eigenvalue weighted by molar-refractivity contribution is -0.155. The second-order valence-corrected chi connectivity index (χ2v) is 8.77. The fourth-order valence-electron chi connectivity index (χ4n) is 3.21. The lowest BCUT2D eigenvalue weighted by Gasteiger charge is -2.33. The predicted octanol–water partition coefficient (Wildman–Crippen LogP) is 3.72. The number of aromatic nitrogens is 2. The normalized spacial score (nSPS) is 16.2. The molecule has 10 heteroatoms. The standard InChI is InChI=1S/C20H26N4O4S2/c1-3-27-16-11-6-5-9-14(16)21-19-22-23-20(30-19)29-13-17(25)24-12-8-7-10-15(24)18(26)28-4-2/h5-6,9,11,15H,3-4,7-8,10,12-13H2,1-2H3,(H,21,22)/t15-/m0/s1. The number of nitrogens with zero attached hydrogens (tertiary/aromatic N) is 3. The first-order valence-corrected chi connectivity index (χ1v) is 11.8. The summed E-state index contributed by atoms with van der Waals surface area (Å²) in [7, 11) is 0. The third kappa shape index (κ3) is 5.85. The fraction of sp³-hybridized carbons (Fsp3) is 0.500. The van der Waals surface area contributed by atoms with Crippen LogP contribution in [0, 0.1) is 0 Å². The molecule has 1 saturated heterocycles. The molecular formula is C20H26N4O4S2. The third-order valence-electron chi connectivity index (χ3n) is 4.54. The van der Waals surface area contributed by atoms with Crippen LogP contribution in [0.1, 0.15) is 33.1 Å². The molecular weight excluding hydrogens is 424 g/mol. The lowest BCUT2D eigenvalue weighted by Crippen LogP contribution is -2.49. The molecule has 30 heavy (non-hydrogen) atoms. The van der Waals surface area contributed by atoms with E-state index in [1.807, 2.05) is 31.2 Å². The Bertz CT molecular complexity index is 861. The van der Waals surface area contributed by atoms with Crippen molar-refractivity contribution in [3.05, 3.63) is 24.3 Å². The van der Waals surface area contributed by atoms with Gasteiger partial charge in [-0.1, -0.05) is 35.2 Å². The van der Waals surface area contributed by atoms with Gasteiger partial charge in [0, 0.05) is 6.54 Å². The number of nitrogens with one attached hydrogen (secondary N) is 1. The molecule has 2 aromatic rings. The predicted molar refractivity (Wildman–Crippen MR) is 118 cm³/mol. The molecule has 162 valence electrons. The molecule has 0 spiro atoms. The Labute approximate surface area is 184 Å². The van der Waals surface area contributed by atoms with Crippen LogP contribution in [0.5, 0.6) is 5.75 Å². The van der Waals surface area contributed by atoms with Crippen LogP contribution in [0.3, 0.4) is 0 Å². The fourth-order valence-corrected chi connectivity index (χ4v) is 4.86. The summed E-state index contributed by atoms with van der Waals surface area (Å²) in [5.41, 5.74) is 0.814. The van der Waals surface area contributed by atoms with Crippen molar-refractivity contribution < 1.29 is 19.1 Å². The Kier molecular flexibility index (Phi) is 8.32. The van der Waals surface area contributed by atoms with Crippen LogP contribution >= 0.6 is 23.1 Å². The zero-order valence-electron chi connectivity index (χ0n) is 17.1. The number of para-hydroxylation sites is 2. The van der Waals surface area contributed by atoms with Gasteiger partial charge in [-0.2, -0.15) is 0 Å². The molecule has 1 aliphatic rings. The van der Waals surface area contributed by atoms with Crippen LogP contribution in [0.2, 0.25) is 0 Å². The number of ether oxygens (including phenoxy) is 2. The number of rotatable bonds is 9. The van der Waals surface area contributed by atoms with Crippen molar-refractivity contribution in [2.45, 2.75) is 43.5 Å². The van der Waals surface area contributed by atoms with E-state index in [0.717, 1.165) is 24.3 Å². The lowest BCUT2D eigenvalue weighted by atomic mass is 10.0. The van der Waals surface area contributed by atoms with Crippen LogP contribution in [0.25, 0.3) is 0 Å². The molecule has 1 N–H and O–H groups in total. The highest BCUT2D eigenvalue weighted by molar-refractivity contribution is 8.01. The zero-order chi connectivity index (χ0) is 21.3. The van der Waals surface area contributed by atoms with Gasteiger partial charge in [-0.25, -0.2) is 4.79 Å². The molecule has 1 aromatic carbocycles. The van der Waals surface area contributed by atoms with Crippen molar-refractivity contribution in [2.75, 3.05) is 30.8 Å². The quantitative estimate of drug-likeness (QED) is 0.456. The van der Waals surface area contributed by atoms with Crippen molar-refractivity contribution in [2.24, 2.45) is 0 Å². The first-order valence-electron chi connectivity index (χ1n) is 10.0. The Morgan fingerprint density at radius 3 is 2.87 bits per heavy atom. The van der Waals surface area contributed by atoms with Crippen LogP contribution in [-0.4, -0.2) is 58.5 Å². The van der Waals surface area contributed by atoms with Gasteiger partial charge in [0.25, 0.3) is 0 Å². The maximum atomic E-state index is 12.7. The van der Waals surface area contributed by atoms with Crippen molar-refractivity contribution in [3.63, 3.8) is 0 Å². The highest BCUT2D eigenvalue weighted by Crippen LogP contribution is 2.32. The van der Waals surface area contributed by atoms with E-state index in [0.29, 0.717) is 35.7 Å². The second-order valence-electron chi connectivity index (χ2n) is 6.57. The molecule has 0 aliphatic carbocycles. The summed E-state index contributed by atoms with van der Waals surface area (Å²) in [4.78, 5) is 26.5. The van der Waals surface area contributed by atoms with Gasteiger partial charge in [-0.3, -0.25) is 4.79 Å². The first kappa shape index (κ1) is 22.4. The maximum Gasteiger partial charge on any atom is 0.328 e. The number of piperidine rings is 1. The van der Waals surface area contributed by atoms with Crippen molar-refractivity contribution in [3.8, 4) is 5.75 Å². The Hall–Kier alpha value is -2.33. The molecule has 0 radical (unpaired) electrons. The number of carbonyl (C=O) groups is 2. The van der Waals surface area contributed by atoms with Crippen LogP contribution in [0.4, 0.5) is 10.8 Å². The highest BCUT2D eigenvalue weighted by atomic mass is 32.2. The highest BCUT2D eigenvalue weighted by Gasteiger charge is 2.33. The van der Waals surface area contributed by atoms with Gasteiger partial charge in [0.15, 0.2) is 4.34 Å². The largest absolute Gasteiger partial charge is 0.492 e. The molecule has 1 amide bonds. The van der Waals surface area contributed by atoms with Gasteiger partial charge in [-0.05, 0) is 45.2 Å². The van der Waals surface area contributed by atoms with E-state index in [2.05, 4.69) is 15.5 Å². The van der Waals surface area contributed by atoms with Crippen LogP contribution in [0.15, 0.2) is 28.6 Å². The smallest absolute Gasteiger partial charge is 0.328 e. The summed E-state index contributed by atoms with van der Waals surface area (Å²) in [5.74, 6) is 0.560. The van der Waals surface area contributed by atoms with E-state index in [4.69, 9.17) is 9.47 Å². The summed E-state index contributed by atoms with van der Waals surface area (Å²) < 4.78 is 11.4. The second kappa shape index (κ2) is 11.2.